The molecule has 0 unspecified atom stereocenters. The minimum absolute atomic E-state index is 0.00680. The van der Waals surface area contributed by atoms with Gasteiger partial charge in [0.25, 0.3) is 0 Å². The van der Waals surface area contributed by atoms with Gasteiger partial charge in [-0.2, -0.15) is 4.89 Å². The first-order chi connectivity index (χ1) is 29.9. The highest BCUT2D eigenvalue weighted by molar-refractivity contribution is 5.90. The summed E-state index contributed by atoms with van der Waals surface area (Å²) in [6, 6.07) is 11.4. The highest BCUT2D eigenvalue weighted by Gasteiger charge is 2.48. The minimum atomic E-state index is -2.00. The second kappa shape index (κ2) is 19.7. The Balaban J connectivity index is 1.31. The van der Waals surface area contributed by atoms with Crippen molar-refractivity contribution in [2.24, 2.45) is 0 Å². The number of hydrogen-bond acceptors (Lipinski definition) is 21. The summed E-state index contributed by atoms with van der Waals surface area (Å²) in [7, 11) is 1.18. The number of rotatable bonds is 15. The molecular weight excluding hydrogens is 848 g/mol. The van der Waals surface area contributed by atoms with Crippen LogP contribution in [0, 0.1) is 0 Å². The van der Waals surface area contributed by atoms with Crippen molar-refractivity contribution < 1.29 is 113 Å². The zero-order valence-electron chi connectivity index (χ0n) is 32.6. The van der Waals surface area contributed by atoms with Crippen LogP contribution in [0.15, 0.2) is 65.1 Å². The lowest BCUT2D eigenvalue weighted by molar-refractivity contribution is -0.323. The molecular formula is C40H41O23+. The fraction of sp³-hybridized carbons (Fsp3) is 0.350. The number of fused-ring (bicyclic) bond motifs is 1. The Hall–Kier alpha value is -6.54. The highest BCUT2D eigenvalue weighted by Crippen LogP contribution is 2.46. The fourth-order valence-corrected chi connectivity index (χ4v) is 6.27. The standard InChI is InChI=1S/C40H40O23/c1-55-24-9-17(8-21(43)31(24)48)38-25(60-40-37(54)34(51)32(49)26(61-40)14-56-29(46)7-4-16-2-5-18(41)6-3-16)12-20-22(58-38)10-19(42)11-23(20)59-39-36(53)35(52)33(50)27(62-39)15-57-63-30(47)13-28(44)45/h2-12,26-27,32-37,39-40,49-54H,13-15H2,1H3,(H4-,41,42,43,44,45,46,48)/p+1/t26-,27-,32-,33-,34+,35+,36-,37-,39-,40-/m1/s1. The molecule has 63 heavy (non-hydrogen) atoms. The third kappa shape index (κ3) is 10.7. The normalized spacial score (nSPS) is 26.0. The zero-order chi connectivity index (χ0) is 45.7. The van der Waals surface area contributed by atoms with E-state index in [2.05, 4.69) is 9.78 Å². The first-order valence-corrected chi connectivity index (χ1v) is 18.6. The van der Waals surface area contributed by atoms with Crippen LogP contribution in [0.2, 0.25) is 0 Å². The molecule has 10 atom stereocenters. The molecule has 2 saturated heterocycles. The van der Waals surface area contributed by atoms with Crippen LogP contribution in [-0.2, 0) is 38.4 Å². The molecule has 0 aliphatic carbocycles. The Morgan fingerprint density at radius 1 is 0.714 bits per heavy atom. The number of hydrogen-bond donors (Lipinski definition) is 11. The number of carboxylic acid groups (broad SMARTS) is 1. The van der Waals surface area contributed by atoms with Crippen LogP contribution in [0.4, 0.5) is 0 Å². The van der Waals surface area contributed by atoms with Gasteiger partial charge < -0.3 is 84.6 Å². The maximum atomic E-state index is 12.5. The van der Waals surface area contributed by atoms with Crippen molar-refractivity contribution in [2.45, 2.75) is 67.8 Å². The molecule has 23 nitrogen and oxygen atoms in total. The largest absolute Gasteiger partial charge is 0.508 e. The van der Waals surface area contributed by atoms with Gasteiger partial charge in [-0.05, 0) is 23.8 Å². The molecule has 0 spiro atoms. The molecule has 338 valence electrons. The highest BCUT2D eigenvalue weighted by atomic mass is 17.2. The zero-order valence-corrected chi connectivity index (χ0v) is 32.6. The minimum Gasteiger partial charge on any atom is -0.508 e. The third-order valence-corrected chi connectivity index (χ3v) is 9.53. The van der Waals surface area contributed by atoms with E-state index in [1.54, 1.807) is 0 Å². The monoisotopic (exact) mass is 889 g/mol. The summed E-state index contributed by atoms with van der Waals surface area (Å²) in [5.41, 5.74) is 0.274. The fourth-order valence-electron chi connectivity index (χ4n) is 6.27. The number of ether oxygens (including phenoxy) is 6. The van der Waals surface area contributed by atoms with Crippen molar-refractivity contribution in [3.63, 3.8) is 0 Å². The lowest BCUT2D eigenvalue weighted by Gasteiger charge is -2.40. The Morgan fingerprint density at radius 3 is 1.95 bits per heavy atom. The molecule has 6 rings (SSSR count). The average Bonchev–Trinajstić information content (AvgIpc) is 3.24. The number of aliphatic hydroxyl groups excluding tert-OH is 6. The number of phenols is 4. The Labute approximate surface area is 353 Å². The van der Waals surface area contributed by atoms with Crippen LogP contribution in [0.5, 0.6) is 40.2 Å². The molecule has 0 bridgehead atoms. The molecule has 2 fully saturated rings. The average molecular weight is 890 g/mol. The van der Waals surface area contributed by atoms with E-state index in [-0.39, 0.29) is 45.3 Å². The quantitative estimate of drug-likeness (QED) is 0.0140. The van der Waals surface area contributed by atoms with Gasteiger partial charge in [0.05, 0.1) is 18.7 Å². The van der Waals surface area contributed by atoms with E-state index in [0.29, 0.717) is 5.56 Å². The second-order valence-electron chi connectivity index (χ2n) is 14.0. The van der Waals surface area contributed by atoms with Crippen molar-refractivity contribution >= 4 is 35.0 Å². The number of benzene rings is 3. The smallest absolute Gasteiger partial charge is 0.402 e. The van der Waals surface area contributed by atoms with Gasteiger partial charge >= 0.3 is 29.3 Å². The van der Waals surface area contributed by atoms with E-state index >= 15 is 0 Å². The maximum Gasteiger partial charge on any atom is 0.402 e. The van der Waals surface area contributed by atoms with Crippen molar-refractivity contribution in [1.82, 2.24) is 0 Å². The molecule has 3 heterocycles. The lowest BCUT2D eigenvalue weighted by Crippen LogP contribution is -2.60. The number of aliphatic carboxylic acids is 1. The van der Waals surface area contributed by atoms with Gasteiger partial charge in [-0.25, -0.2) is 14.0 Å². The van der Waals surface area contributed by atoms with E-state index < -0.39 is 116 Å². The number of carboxylic acids is 1. The van der Waals surface area contributed by atoms with Gasteiger partial charge in [-0.15, -0.1) is 0 Å². The second-order valence-corrected chi connectivity index (χ2v) is 14.0. The number of phenolic OH excluding ortho intramolecular Hbond substituents is 4. The molecule has 4 aromatic rings. The SMILES string of the molecule is COc1cc(-c2[o+]c3cc(O)cc(O[C@@H]4O[C@H](COOC(=O)CC(=O)O)[C@@H](O)[C@H](O)[C@H]4O)c3cc2O[C@@H]2O[C@H](COC(=O)C=Cc3ccc(O)cc3)[C@@H](O)[C@H](O)[C@H]2O)cc(O)c1O. The van der Waals surface area contributed by atoms with Crippen LogP contribution in [-0.4, -0.2) is 156 Å². The molecule has 2 aliphatic heterocycles. The Kier molecular flexibility index (Phi) is 14.3. The molecule has 23 heteroatoms. The lowest BCUT2D eigenvalue weighted by atomic mass is 9.99. The predicted molar refractivity (Wildman–Crippen MR) is 205 cm³/mol. The van der Waals surface area contributed by atoms with Gasteiger partial charge in [0.1, 0.15) is 91.1 Å². The van der Waals surface area contributed by atoms with Crippen LogP contribution in [0.1, 0.15) is 12.0 Å². The van der Waals surface area contributed by atoms with Gasteiger partial charge in [0.15, 0.2) is 11.5 Å². The topological polar surface area (TPSA) is 359 Å². The van der Waals surface area contributed by atoms with E-state index in [0.717, 1.165) is 24.3 Å². The number of aliphatic hydroxyl groups is 6. The predicted octanol–water partition coefficient (Wildman–Crippen LogP) is -0.209. The summed E-state index contributed by atoms with van der Waals surface area (Å²) in [4.78, 5) is 43.9. The summed E-state index contributed by atoms with van der Waals surface area (Å²) in [6.07, 6.45) is -17.1. The first-order valence-electron chi connectivity index (χ1n) is 18.6. The molecule has 0 saturated carbocycles. The van der Waals surface area contributed by atoms with Crippen LogP contribution in [0.25, 0.3) is 28.4 Å². The van der Waals surface area contributed by atoms with Crippen LogP contribution < -0.4 is 14.2 Å². The summed E-state index contributed by atoms with van der Waals surface area (Å²) in [5, 5.41) is 114. The van der Waals surface area contributed by atoms with Crippen LogP contribution >= 0.6 is 0 Å². The Morgan fingerprint density at radius 2 is 1.33 bits per heavy atom. The summed E-state index contributed by atoms with van der Waals surface area (Å²) < 4.78 is 39.7. The van der Waals surface area contributed by atoms with Gasteiger partial charge in [0.2, 0.25) is 24.1 Å². The number of esters is 1. The van der Waals surface area contributed by atoms with Gasteiger partial charge in [-0.3, -0.25) is 9.68 Å². The maximum absolute atomic E-state index is 12.5. The molecule has 11 N–H and O–H groups in total. The van der Waals surface area contributed by atoms with E-state index in [9.17, 15) is 65.4 Å². The van der Waals surface area contributed by atoms with E-state index in [1.165, 1.54) is 49.6 Å². The third-order valence-electron chi connectivity index (χ3n) is 9.53. The van der Waals surface area contributed by atoms with Gasteiger partial charge in [0, 0.05) is 30.3 Å². The summed E-state index contributed by atoms with van der Waals surface area (Å²) in [5.74, 6) is -6.88. The van der Waals surface area contributed by atoms with Crippen molar-refractivity contribution in [1.29, 1.82) is 0 Å². The first kappa shape index (κ1) is 46.0. The summed E-state index contributed by atoms with van der Waals surface area (Å²) in [6.45, 7) is -1.46. The van der Waals surface area contributed by atoms with Crippen molar-refractivity contribution in [3.05, 3.63) is 66.2 Å². The molecule has 0 radical (unpaired) electrons. The molecule has 3 aromatic carbocycles. The molecule has 1 aromatic heterocycles. The van der Waals surface area contributed by atoms with Crippen molar-refractivity contribution in [3.8, 4) is 51.6 Å². The van der Waals surface area contributed by atoms with E-state index in [1.807, 2.05) is 0 Å². The molecule has 0 amide bonds. The van der Waals surface area contributed by atoms with Gasteiger partial charge in [-0.1, -0.05) is 12.1 Å². The summed E-state index contributed by atoms with van der Waals surface area (Å²) >= 11 is 0. The Bertz CT molecular complexity index is 2320. The van der Waals surface area contributed by atoms with Crippen LogP contribution in [0.3, 0.4) is 0 Å². The number of methoxy groups -OCH3 is 1. The number of aromatic hydroxyl groups is 4. The van der Waals surface area contributed by atoms with Crippen molar-refractivity contribution in [2.75, 3.05) is 20.3 Å². The van der Waals surface area contributed by atoms with E-state index in [4.69, 9.17) is 37.9 Å². The number of carbonyl (C=O) groups is 3. The number of carbonyl (C=O) groups excluding carboxylic acids is 2. The molecule has 2 aliphatic rings.